The van der Waals surface area contributed by atoms with Gasteiger partial charge < -0.3 is 20.5 Å². The second kappa shape index (κ2) is 7.55. The zero-order valence-corrected chi connectivity index (χ0v) is 16.4. The van der Waals surface area contributed by atoms with Gasteiger partial charge in [-0.25, -0.2) is 9.38 Å². The predicted octanol–water partition coefficient (Wildman–Crippen LogP) is 1.71. The minimum atomic E-state index is -0.117. The molecule has 0 atom stereocenters. The lowest BCUT2D eigenvalue weighted by atomic mass is 10.2. The number of fused-ring (bicyclic) bond motifs is 2. The molecule has 3 aromatic rings. The number of aromatic nitrogens is 4. The molecule has 1 amide bonds. The topological polar surface area (TPSA) is 117 Å². The number of hydrogen-bond acceptors (Lipinski definition) is 8. The van der Waals surface area contributed by atoms with E-state index in [4.69, 9.17) is 15.2 Å². The van der Waals surface area contributed by atoms with Crippen molar-refractivity contribution in [2.24, 2.45) is 0 Å². The second-order valence-corrected chi connectivity index (χ2v) is 7.22. The SMILES string of the molecule is CCc1c(C)nc(N)n2c(SCC(=O)NCc3ccc4c(c3)OCO4)nnc12. The van der Waals surface area contributed by atoms with Crippen LogP contribution in [0.25, 0.3) is 5.65 Å². The highest BCUT2D eigenvalue weighted by atomic mass is 32.2. The molecule has 146 valence electrons. The molecule has 1 aliphatic heterocycles. The summed E-state index contributed by atoms with van der Waals surface area (Å²) in [5, 5.41) is 11.8. The van der Waals surface area contributed by atoms with Gasteiger partial charge >= 0.3 is 0 Å². The summed E-state index contributed by atoms with van der Waals surface area (Å²) in [5.74, 6) is 1.81. The molecule has 0 unspecified atom stereocenters. The van der Waals surface area contributed by atoms with E-state index >= 15 is 0 Å². The van der Waals surface area contributed by atoms with Crippen LogP contribution in [0.2, 0.25) is 0 Å². The zero-order chi connectivity index (χ0) is 19.7. The molecule has 0 saturated heterocycles. The molecule has 0 bridgehead atoms. The van der Waals surface area contributed by atoms with Gasteiger partial charge in [0.15, 0.2) is 22.3 Å². The van der Waals surface area contributed by atoms with Crippen molar-refractivity contribution in [1.29, 1.82) is 0 Å². The van der Waals surface area contributed by atoms with Crippen LogP contribution in [-0.2, 0) is 17.8 Å². The van der Waals surface area contributed by atoms with Crippen molar-refractivity contribution in [2.75, 3.05) is 18.3 Å². The molecular weight excluding hydrogens is 380 g/mol. The summed E-state index contributed by atoms with van der Waals surface area (Å²) in [6, 6.07) is 5.60. The maximum absolute atomic E-state index is 12.3. The van der Waals surface area contributed by atoms with Crippen LogP contribution < -0.4 is 20.5 Å². The van der Waals surface area contributed by atoms with Crippen LogP contribution in [-0.4, -0.2) is 38.0 Å². The number of nitrogens with one attached hydrogen (secondary N) is 1. The molecule has 0 radical (unpaired) electrons. The summed E-state index contributed by atoms with van der Waals surface area (Å²) in [4.78, 5) is 16.6. The number of hydrogen-bond donors (Lipinski definition) is 2. The van der Waals surface area contributed by atoms with Crippen molar-refractivity contribution >= 4 is 29.3 Å². The number of nitrogens with zero attached hydrogens (tertiary/aromatic N) is 4. The summed E-state index contributed by atoms with van der Waals surface area (Å²) in [6.07, 6.45) is 0.779. The van der Waals surface area contributed by atoms with Gasteiger partial charge in [-0.15, -0.1) is 10.2 Å². The van der Waals surface area contributed by atoms with Gasteiger partial charge in [0, 0.05) is 17.8 Å². The smallest absolute Gasteiger partial charge is 0.231 e. The molecule has 28 heavy (non-hydrogen) atoms. The van der Waals surface area contributed by atoms with E-state index in [2.05, 4.69) is 20.5 Å². The monoisotopic (exact) mass is 400 g/mol. The molecule has 2 aromatic heterocycles. The number of rotatable bonds is 6. The summed E-state index contributed by atoms with van der Waals surface area (Å²) in [6.45, 7) is 4.57. The maximum atomic E-state index is 12.3. The largest absolute Gasteiger partial charge is 0.454 e. The van der Waals surface area contributed by atoms with Crippen molar-refractivity contribution < 1.29 is 14.3 Å². The van der Waals surface area contributed by atoms with Gasteiger partial charge in [0.1, 0.15) is 0 Å². The standard InChI is InChI=1S/C18H20N6O3S/c1-3-12-10(2)21-17(19)24-16(12)22-23-18(24)28-8-15(25)20-7-11-4-5-13-14(6-11)27-9-26-13/h4-6H,3,7-9H2,1-2H3,(H2,19,21)(H,20,25). The summed E-state index contributed by atoms with van der Waals surface area (Å²) in [5.41, 5.74) is 9.52. The number of nitrogen functional groups attached to an aromatic ring is 1. The quantitative estimate of drug-likeness (QED) is 0.601. The Balaban J connectivity index is 1.40. The highest BCUT2D eigenvalue weighted by molar-refractivity contribution is 7.99. The van der Waals surface area contributed by atoms with Crippen molar-refractivity contribution in [3.05, 3.63) is 35.0 Å². The van der Waals surface area contributed by atoms with E-state index in [-0.39, 0.29) is 18.5 Å². The third-order valence-electron chi connectivity index (χ3n) is 4.46. The van der Waals surface area contributed by atoms with E-state index in [1.807, 2.05) is 32.0 Å². The van der Waals surface area contributed by atoms with Crippen molar-refractivity contribution in [3.63, 3.8) is 0 Å². The molecule has 3 heterocycles. The lowest BCUT2D eigenvalue weighted by Crippen LogP contribution is -2.24. The van der Waals surface area contributed by atoms with Gasteiger partial charge in [0.05, 0.1) is 5.75 Å². The van der Waals surface area contributed by atoms with Crippen LogP contribution in [0.4, 0.5) is 5.95 Å². The Kier molecular flexibility index (Phi) is 4.95. The van der Waals surface area contributed by atoms with Crippen molar-refractivity contribution in [2.45, 2.75) is 32.0 Å². The molecule has 0 spiro atoms. The number of nitrogens with two attached hydrogens (primary N) is 1. The van der Waals surface area contributed by atoms with E-state index < -0.39 is 0 Å². The van der Waals surface area contributed by atoms with E-state index in [0.717, 1.165) is 29.0 Å². The van der Waals surface area contributed by atoms with Crippen LogP contribution >= 0.6 is 11.8 Å². The van der Waals surface area contributed by atoms with Crippen molar-refractivity contribution in [1.82, 2.24) is 24.9 Å². The van der Waals surface area contributed by atoms with Gasteiger partial charge in [0.2, 0.25) is 18.6 Å². The van der Waals surface area contributed by atoms with E-state index in [1.165, 1.54) is 11.8 Å². The first kappa shape index (κ1) is 18.4. The molecule has 10 heteroatoms. The van der Waals surface area contributed by atoms with Gasteiger partial charge in [-0.1, -0.05) is 24.8 Å². The molecule has 4 rings (SSSR count). The van der Waals surface area contributed by atoms with Crippen LogP contribution in [0.15, 0.2) is 23.4 Å². The number of carbonyl (C=O) groups is 1. The Morgan fingerprint density at radius 1 is 1.32 bits per heavy atom. The Morgan fingerprint density at radius 3 is 2.96 bits per heavy atom. The number of anilines is 1. The first-order valence-electron chi connectivity index (χ1n) is 8.85. The highest BCUT2D eigenvalue weighted by Crippen LogP contribution is 2.32. The van der Waals surface area contributed by atoms with E-state index in [9.17, 15) is 4.79 Å². The minimum Gasteiger partial charge on any atom is -0.454 e. The molecule has 3 N–H and O–H groups in total. The Labute approximate surface area is 165 Å². The minimum absolute atomic E-state index is 0.117. The van der Waals surface area contributed by atoms with Crippen LogP contribution in [0.5, 0.6) is 11.5 Å². The summed E-state index contributed by atoms with van der Waals surface area (Å²) < 4.78 is 12.3. The van der Waals surface area contributed by atoms with E-state index in [0.29, 0.717) is 29.0 Å². The number of thioether (sulfide) groups is 1. The fraction of sp³-hybridized carbons (Fsp3) is 0.333. The summed E-state index contributed by atoms with van der Waals surface area (Å²) >= 11 is 1.27. The third kappa shape index (κ3) is 3.42. The van der Waals surface area contributed by atoms with Crippen LogP contribution in [0.3, 0.4) is 0 Å². The first-order valence-corrected chi connectivity index (χ1v) is 9.83. The number of aryl methyl sites for hydroxylation is 2. The number of benzene rings is 1. The molecule has 0 fully saturated rings. The van der Waals surface area contributed by atoms with Gasteiger partial charge in [-0.05, 0) is 31.0 Å². The molecule has 1 aromatic carbocycles. The molecule has 0 aliphatic carbocycles. The van der Waals surface area contributed by atoms with Gasteiger partial charge in [-0.3, -0.25) is 4.79 Å². The van der Waals surface area contributed by atoms with Gasteiger partial charge in [-0.2, -0.15) is 0 Å². The molecule has 0 saturated carbocycles. The third-order valence-corrected chi connectivity index (χ3v) is 5.39. The average Bonchev–Trinajstić information content (AvgIpc) is 3.31. The lowest BCUT2D eigenvalue weighted by Gasteiger charge is -2.08. The number of amides is 1. The average molecular weight is 400 g/mol. The fourth-order valence-electron chi connectivity index (χ4n) is 3.06. The molecule has 9 nitrogen and oxygen atoms in total. The lowest BCUT2D eigenvalue weighted by molar-refractivity contribution is -0.118. The first-order chi connectivity index (χ1) is 13.6. The second-order valence-electron chi connectivity index (χ2n) is 6.28. The predicted molar refractivity (Wildman–Crippen MR) is 104 cm³/mol. The van der Waals surface area contributed by atoms with E-state index in [1.54, 1.807) is 4.40 Å². The van der Waals surface area contributed by atoms with Gasteiger partial charge in [0.25, 0.3) is 0 Å². The summed E-state index contributed by atoms with van der Waals surface area (Å²) in [7, 11) is 0. The van der Waals surface area contributed by atoms with Crippen molar-refractivity contribution in [3.8, 4) is 11.5 Å². The fourth-order valence-corrected chi connectivity index (χ4v) is 3.83. The highest BCUT2D eigenvalue weighted by Gasteiger charge is 2.17. The maximum Gasteiger partial charge on any atom is 0.231 e. The number of carbonyl (C=O) groups excluding carboxylic acids is 1. The Bertz CT molecular complexity index is 1050. The Hall–Kier alpha value is -3.01. The normalized spacial score (nSPS) is 12.5. The van der Waals surface area contributed by atoms with Crippen LogP contribution in [0, 0.1) is 6.92 Å². The molecule has 1 aliphatic rings. The zero-order valence-electron chi connectivity index (χ0n) is 15.6. The molecular formula is C18H20N6O3S. The number of ether oxygens (including phenoxy) is 2. The van der Waals surface area contributed by atoms with Crippen LogP contribution in [0.1, 0.15) is 23.7 Å². The Morgan fingerprint density at radius 2 is 2.14 bits per heavy atom.